The Morgan fingerprint density at radius 1 is 1.14 bits per heavy atom. The van der Waals surface area contributed by atoms with Gasteiger partial charge in [0.2, 0.25) is 0 Å². The van der Waals surface area contributed by atoms with Crippen molar-refractivity contribution < 1.29 is 1.43 Å². The molecule has 0 bridgehead atoms. The molecule has 2 aliphatic carbocycles. The molecule has 3 aliphatic rings. The van der Waals surface area contributed by atoms with Crippen LogP contribution in [0.1, 0.15) is 65.9 Å². The molecule has 4 nitrogen and oxygen atoms in total. The van der Waals surface area contributed by atoms with Gasteiger partial charge >= 0.3 is 0 Å². The van der Waals surface area contributed by atoms with Gasteiger partial charge in [-0.3, -0.25) is 0 Å². The van der Waals surface area contributed by atoms with Crippen LogP contribution in [0.3, 0.4) is 0 Å². The Balaban J connectivity index is 0.00000165. The SMILES string of the molecule is C=C1C=CCC(N/C(=C/C)c2ccnc(N3CCN(C)CC3)c2C)=C/C1=C/C(=C\C)C1=CCCC1.CC.[HH]. The third-order valence-corrected chi connectivity index (χ3v) is 7.25. The normalized spacial score (nSPS) is 20.3. The van der Waals surface area contributed by atoms with Crippen LogP contribution in [-0.4, -0.2) is 43.1 Å². The smallest absolute Gasteiger partial charge is 0.132 e. The standard InChI is InChI=1S/C31H40N4.C2H6.H2/c1-6-25(26-12-8-9-13-26)21-27-22-28(14-10-11-23(27)3)33-30(7-2)29-15-16-32-31(24(29)4)35-19-17-34(5)18-20-35;1-2;/h6-7,10-12,15-16,21-22,33H,3,8-9,13-14,17-20H2,1-2,4-5H3;1-2H3;1H/b25-6+,27-21-,30-7+;;. The van der Waals surface area contributed by atoms with E-state index in [2.05, 4.69) is 98.1 Å². The fraction of sp³-hybridized carbons (Fsp3) is 0.424. The Morgan fingerprint density at radius 3 is 2.54 bits per heavy atom. The van der Waals surface area contributed by atoms with Crippen LogP contribution in [0.4, 0.5) is 5.82 Å². The summed E-state index contributed by atoms with van der Waals surface area (Å²) in [6.07, 6.45) is 22.1. The fourth-order valence-electron chi connectivity index (χ4n) is 5.07. The third kappa shape index (κ3) is 7.23. The molecule has 1 aromatic heterocycles. The van der Waals surface area contributed by atoms with E-state index >= 15 is 0 Å². The molecular weight excluding hydrogens is 452 g/mol. The number of likely N-dealkylation sites (N-methyl/N-ethyl adjacent to an activating group) is 1. The molecule has 1 aromatic rings. The second kappa shape index (κ2) is 14.0. The molecule has 1 fully saturated rings. The summed E-state index contributed by atoms with van der Waals surface area (Å²) in [6, 6.07) is 2.13. The summed E-state index contributed by atoms with van der Waals surface area (Å²) in [5.74, 6) is 1.10. The average molecular weight is 501 g/mol. The van der Waals surface area contributed by atoms with E-state index < -0.39 is 0 Å². The minimum atomic E-state index is 0. The number of pyridine rings is 1. The summed E-state index contributed by atoms with van der Waals surface area (Å²) in [6.45, 7) is 18.9. The molecule has 2 heterocycles. The zero-order valence-electron chi connectivity index (χ0n) is 23.9. The number of aromatic nitrogens is 1. The van der Waals surface area contributed by atoms with Gasteiger partial charge in [-0.05, 0) is 87.6 Å². The highest BCUT2D eigenvalue weighted by atomic mass is 15.3. The van der Waals surface area contributed by atoms with Crippen LogP contribution in [0.15, 0.2) is 89.4 Å². The average Bonchev–Trinajstić information content (AvgIpc) is 3.40. The predicted octanol–water partition coefficient (Wildman–Crippen LogP) is 7.75. The number of allylic oxidation sites excluding steroid dienone is 11. The van der Waals surface area contributed by atoms with E-state index in [1.54, 1.807) is 0 Å². The maximum absolute atomic E-state index is 4.76. The zero-order valence-corrected chi connectivity index (χ0v) is 23.9. The minimum absolute atomic E-state index is 0. The third-order valence-electron chi connectivity index (χ3n) is 7.25. The number of hydrogen-bond acceptors (Lipinski definition) is 4. The highest BCUT2D eigenvalue weighted by molar-refractivity contribution is 5.72. The molecule has 0 saturated carbocycles. The monoisotopic (exact) mass is 500 g/mol. The van der Waals surface area contributed by atoms with Crippen LogP contribution >= 0.6 is 0 Å². The largest absolute Gasteiger partial charge is 0.358 e. The number of anilines is 1. The molecule has 1 saturated heterocycles. The van der Waals surface area contributed by atoms with E-state index in [1.165, 1.54) is 52.8 Å². The molecule has 37 heavy (non-hydrogen) atoms. The lowest BCUT2D eigenvalue weighted by atomic mass is 9.98. The predicted molar refractivity (Wildman–Crippen MR) is 164 cm³/mol. The first kappa shape index (κ1) is 28.5. The van der Waals surface area contributed by atoms with Crippen LogP contribution in [0.5, 0.6) is 0 Å². The van der Waals surface area contributed by atoms with E-state index in [1.807, 2.05) is 20.0 Å². The fourth-order valence-corrected chi connectivity index (χ4v) is 5.07. The van der Waals surface area contributed by atoms with E-state index in [0.717, 1.165) is 49.7 Å². The van der Waals surface area contributed by atoms with Crippen LogP contribution in [0, 0.1) is 6.92 Å². The minimum Gasteiger partial charge on any atom is -0.358 e. The summed E-state index contributed by atoms with van der Waals surface area (Å²) in [5.41, 5.74) is 9.73. The molecule has 0 radical (unpaired) electrons. The Labute approximate surface area is 227 Å². The maximum atomic E-state index is 4.76. The number of nitrogens with one attached hydrogen (secondary N) is 1. The Morgan fingerprint density at radius 2 is 1.89 bits per heavy atom. The van der Waals surface area contributed by atoms with Crippen LogP contribution < -0.4 is 10.2 Å². The van der Waals surface area contributed by atoms with Gasteiger partial charge in [0.05, 0.1) is 0 Å². The summed E-state index contributed by atoms with van der Waals surface area (Å²) in [7, 11) is 2.19. The van der Waals surface area contributed by atoms with Crippen molar-refractivity contribution in [1.29, 1.82) is 0 Å². The Kier molecular flexibility index (Phi) is 10.8. The van der Waals surface area contributed by atoms with E-state index in [9.17, 15) is 0 Å². The second-order valence-electron chi connectivity index (χ2n) is 9.69. The summed E-state index contributed by atoms with van der Waals surface area (Å²) in [4.78, 5) is 9.56. The first-order chi connectivity index (χ1) is 18.0. The topological polar surface area (TPSA) is 31.4 Å². The van der Waals surface area contributed by atoms with Crippen molar-refractivity contribution in [3.8, 4) is 0 Å². The first-order valence-corrected chi connectivity index (χ1v) is 14.0. The van der Waals surface area contributed by atoms with Crippen molar-refractivity contribution in [3.63, 3.8) is 0 Å². The lowest BCUT2D eigenvalue weighted by Gasteiger charge is -2.34. The van der Waals surface area contributed by atoms with Crippen molar-refractivity contribution in [2.24, 2.45) is 0 Å². The van der Waals surface area contributed by atoms with Gasteiger partial charge in [-0.15, -0.1) is 0 Å². The summed E-state index contributed by atoms with van der Waals surface area (Å²) < 4.78 is 0. The van der Waals surface area contributed by atoms with Gasteiger partial charge in [0.1, 0.15) is 5.82 Å². The summed E-state index contributed by atoms with van der Waals surface area (Å²) in [5, 5.41) is 3.75. The molecular formula is C33H48N4. The number of piperazine rings is 1. The Bertz CT molecular complexity index is 1140. The maximum Gasteiger partial charge on any atom is 0.132 e. The van der Waals surface area contributed by atoms with Gasteiger partial charge in [0, 0.05) is 62.7 Å². The van der Waals surface area contributed by atoms with Crippen LogP contribution in [-0.2, 0) is 0 Å². The highest BCUT2D eigenvalue weighted by Crippen LogP contribution is 2.30. The van der Waals surface area contributed by atoms with E-state index in [-0.39, 0.29) is 1.43 Å². The van der Waals surface area contributed by atoms with Gasteiger partial charge in [0.15, 0.2) is 0 Å². The van der Waals surface area contributed by atoms with Gasteiger partial charge in [-0.25, -0.2) is 4.98 Å². The van der Waals surface area contributed by atoms with Crippen LogP contribution in [0.25, 0.3) is 5.70 Å². The Hall–Kier alpha value is -3.11. The van der Waals surface area contributed by atoms with Crippen molar-refractivity contribution in [2.45, 2.75) is 60.3 Å². The lowest BCUT2D eigenvalue weighted by molar-refractivity contribution is 0.312. The molecule has 0 amide bonds. The molecule has 200 valence electrons. The van der Waals surface area contributed by atoms with Gasteiger partial charge < -0.3 is 15.1 Å². The van der Waals surface area contributed by atoms with Crippen molar-refractivity contribution >= 4 is 11.5 Å². The number of hydrogen-bond donors (Lipinski definition) is 1. The van der Waals surface area contributed by atoms with E-state index in [4.69, 9.17) is 4.98 Å². The molecule has 0 aromatic carbocycles. The molecule has 0 atom stereocenters. The van der Waals surface area contributed by atoms with Gasteiger partial charge in [-0.1, -0.05) is 50.8 Å². The number of rotatable bonds is 6. The second-order valence-corrected chi connectivity index (χ2v) is 9.69. The molecule has 1 aliphatic heterocycles. The quantitative estimate of drug-likeness (QED) is 0.433. The highest BCUT2D eigenvalue weighted by Gasteiger charge is 2.19. The zero-order chi connectivity index (χ0) is 26.8. The van der Waals surface area contributed by atoms with Crippen molar-refractivity contribution in [1.82, 2.24) is 15.2 Å². The lowest BCUT2D eigenvalue weighted by Crippen LogP contribution is -2.45. The first-order valence-electron chi connectivity index (χ1n) is 14.0. The van der Waals surface area contributed by atoms with Crippen molar-refractivity contribution in [2.75, 3.05) is 38.1 Å². The molecule has 0 unspecified atom stereocenters. The van der Waals surface area contributed by atoms with Gasteiger partial charge in [0.25, 0.3) is 0 Å². The van der Waals surface area contributed by atoms with Crippen molar-refractivity contribution in [3.05, 3.63) is 100 Å². The molecule has 1 N–H and O–H groups in total. The molecule has 4 heteroatoms. The summed E-state index contributed by atoms with van der Waals surface area (Å²) >= 11 is 0. The van der Waals surface area contributed by atoms with Crippen LogP contribution in [0.2, 0.25) is 0 Å². The number of nitrogens with zero attached hydrogens (tertiary/aromatic N) is 3. The molecule has 4 rings (SSSR count). The molecule has 0 spiro atoms. The van der Waals surface area contributed by atoms with Gasteiger partial charge in [-0.2, -0.15) is 0 Å². The van der Waals surface area contributed by atoms with E-state index in [0.29, 0.717) is 0 Å².